The van der Waals surface area contributed by atoms with Crippen molar-refractivity contribution in [1.82, 2.24) is 9.13 Å². The topological polar surface area (TPSA) is 8.17 Å². The molecule has 140 valence electrons. The van der Waals surface area contributed by atoms with Gasteiger partial charge in [0.05, 0.1) is 0 Å². The summed E-state index contributed by atoms with van der Waals surface area (Å²) in [6, 6.07) is 7.60. The molecule has 1 aromatic carbocycles. The third kappa shape index (κ3) is 2.94. The molecule has 0 saturated carbocycles. The first kappa shape index (κ1) is 18.5. The molecule has 1 unspecified atom stereocenters. The van der Waals surface area contributed by atoms with Crippen molar-refractivity contribution in [2.24, 2.45) is 0 Å². The third-order valence-electron chi connectivity index (χ3n) is 7.08. The van der Waals surface area contributed by atoms with Crippen LogP contribution in [0.3, 0.4) is 0 Å². The van der Waals surface area contributed by atoms with Crippen LogP contribution in [0, 0.1) is 0 Å². The van der Waals surface area contributed by atoms with Gasteiger partial charge in [-0.15, -0.1) is 0 Å². The number of hydrogen-bond donors (Lipinski definition) is 0. The molecular formula is C22H31BrN2Si. The van der Waals surface area contributed by atoms with Crippen molar-refractivity contribution in [1.29, 1.82) is 0 Å². The minimum absolute atomic E-state index is 0.312. The number of hydrogen-bond acceptors (Lipinski definition) is 1. The summed E-state index contributed by atoms with van der Waals surface area (Å²) in [6.07, 6.45) is 8.92. The first-order chi connectivity index (χ1) is 12.2. The zero-order valence-corrected chi connectivity index (χ0v) is 19.4. The Labute approximate surface area is 167 Å². The molecule has 1 aromatic heterocycles. The van der Waals surface area contributed by atoms with Crippen LogP contribution in [0.1, 0.15) is 45.6 Å². The quantitative estimate of drug-likeness (QED) is 0.492. The number of rotatable bonds is 2. The van der Waals surface area contributed by atoms with Crippen molar-refractivity contribution in [3.8, 4) is 0 Å². The summed E-state index contributed by atoms with van der Waals surface area (Å²) in [7, 11) is -1.67. The van der Waals surface area contributed by atoms with Crippen LogP contribution < -0.4 is 0 Å². The highest BCUT2D eigenvalue weighted by Crippen LogP contribution is 2.42. The Morgan fingerprint density at radius 1 is 1.19 bits per heavy atom. The van der Waals surface area contributed by atoms with Gasteiger partial charge in [-0.2, -0.15) is 0 Å². The van der Waals surface area contributed by atoms with E-state index in [9.17, 15) is 0 Å². The van der Waals surface area contributed by atoms with E-state index in [1.165, 1.54) is 46.7 Å². The summed E-state index contributed by atoms with van der Waals surface area (Å²) in [5, 5.41) is 1.73. The van der Waals surface area contributed by atoms with Gasteiger partial charge in [-0.3, -0.25) is 4.90 Å². The SMILES string of the molecule is CC(C)(C)[Si](C)(C)n1cc(C2=CCN3CCCC3C2)c2cc(Br)ccc21. The van der Waals surface area contributed by atoms with Crippen LogP contribution in [0.4, 0.5) is 0 Å². The highest BCUT2D eigenvalue weighted by atomic mass is 79.9. The van der Waals surface area contributed by atoms with E-state index in [-0.39, 0.29) is 0 Å². The lowest BCUT2D eigenvalue weighted by molar-refractivity contribution is 0.275. The van der Waals surface area contributed by atoms with Gasteiger partial charge in [0.15, 0.2) is 8.24 Å². The molecule has 0 N–H and O–H groups in total. The monoisotopic (exact) mass is 430 g/mol. The van der Waals surface area contributed by atoms with Crippen molar-refractivity contribution < 1.29 is 0 Å². The molecule has 2 aliphatic heterocycles. The summed E-state index contributed by atoms with van der Waals surface area (Å²) in [5.41, 5.74) is 4.44. The summed E-state index contributed by atoms with van der Waals surface area (Å²) < 4.78 is 3.84. The Morgan fingerprint density at radius 2 is 1.96 bits per heavy atom. The highest BCUT2D eigenvalue weighted by molar-refractivity contribution is 9.10. The van der Waals surface area contributed by atoms with E-state index in [1.807, 2.05) is 0 Å². The number of halogens is 1. The Hall–Kier alpha value is -0.843. The normalized spacial score (nSPS) is 21.9. The van der Waals surface area contributed by atoms with Gasteiger partial charge < -0.3 is 4.23 Å². The second-order valence-electron chi connectivity index (χ2n) is 9.61. The second-order valence-corrected chi connectivity index (χ2v) is 15.6. The lowest BCUT2D eigenvalue weighted by Gasteiger charge is -2.38. The van der Waals surface area contributed by atoms with E-state index >= 15 is 0 Å². The van der Waals surface area contributed by atoms with Crippen LogP contribution in [-0.2, 0) is 0 Å². The van der Waals surface area contributed by atoms with E-state index in [2.05, 4.69) is 89.4 Å². The molecule has 4 rings (SSSR count). The maximum Gasteiger partial charge on any atom is 0.161 e. The van der Waals surface area contributed by atoms with Crippen LogP contribution >= 0.6 is 15.9 Å². The molecule has 2 aliphatic rings. The van der Waals surface area contributed by atoms with E-state index in [0.717, 1.165) is 12.6 Å². The summed E-state index contributed by atoms with van der Waals surface area (Å²) in [5.74, 6) is 0. The van der Waals surface area contributed by atoms with Crippen molar-refractivity contribution in [3.63, 3.8) is 0 Å². The average Bonchev–Trinajstić information content (AvgIpc) is 3.16. The van der Waals surface area contributed by atoms with E-state index in [0.29, 0.717) is 5.04 Å². The molecule has 0 spiro atoms. The fourth-order valence-corrected chi connectivity index (χ4v) is 6.77. The molecule has 0 amide bonds. The van der Waals surface area contributed by atoms with Crippen molar-refractivity contribution in [2.45, 2.75) is 64.2 Å². The van der Waals surface area contributed by atoms with Crippen LogP contribution in [-0.4, -0.2) is 36.5 Å². The maximum atomic E-state index is 3.71. The summed E-state index contributed by atoms with van der Waals surface area (Å²) >= 11 is 3.71. The van der Waals surface area contributed by atoms with Crippen LogP contribution in [0.2, 0.25) is 18.1 Å². The smallest absolute Gasteiger partial charge is 0.161 e. The fraction of sp³-hybridized carbons (Fsp3) is 0.545. The first-order valence-corrected chi connectivity index (χ1v) is 13.7. The predicted molar refractivity (Wildman–Crippen MR) is 119 cm³/mol. The zero-order chi connectivity index (χ0) is 18.7. The molecule has 0 radical (unpaired) electrons. The van der Waals surface area contributed by atoms with Gasteiger partial charge in [0, 0.05) is 39.7 Å². The molecule has 2 nitrogen and oxygen atoms in total. The molecular weight excluding hydrogens is 400 g/mol. The fourth-order valence-electron chi connectivity index (χ4n) is 4.43. The van der Waals surface area contributed by atoms with Gasteiger partial charge in [-0.05, 0) is 54.6 Å². The molecule has 26 heavy (non-hydrogen) atoms. The first-order valence-electron chi connectivity index (χ1n) is 9.93. The van der Waals surface area contributed by atoms with Crippen LogP contribution in [0.5, 0.6) is 0 Å². The lowest BCUT2D eigenvalue weighted by atomic mass is 9.94. The van der Waals surface area contributed by atoms with Gasteiger partial charge in [0.25, 0.3) is 0 Å². The van der Waals surface area contributed by atoms with Crippen LogP contribution in [0.15, 0.2) is 34.9 Å². The molecule has 2 aromatic rings. The third-order valence-corrected chi connectivity index (χ3v) is 12.8. The van der Waals surface area contributed by atoms with Crippen molar-refractivity contribution >= 4 is 40.6 Å². The predicted octanol–water partition coefficient (Wildman–Crippen LogP) is 6.51. The largest absolute Gasteiger partial charge is 0.373 e. The lowest BCUT2D eigenvalue weighted by Crippen LogP contribution is -2.44. The molecule has 0 bridgehead atoms. The Kier molecular flexibility index (Phi) is 4.52. The molecule has 3 heterocycles. The van der Waals surface area contributed by atoms with Gasteiger partial charge in [-0.25, -0.2) is 0 Å². The second kappa shape index (κ2) is 6.35. The van der Waals surface area contributed by atoms with Gasteiger partial charge in [0.2, 0.25) is 0 Å². The summed E-state index contributed by atoms with van der Waals surface area (Å²) in [6.45, 7) is 14.6. The number of fused-ring (bicyclic) bond motifs is 2. The van der Waals surface area contributed by atoms with Gasteiger partial charge >= 0.3 is 0 Å². The zero-order valence-electron chi connectivity index (χ0n) is 16.8. The average molecular weight is 431 g/mol. The van der Waals surface area contributed by atoms with Gasteiger partial charge in [0.1, 0.15) is 0 Å². The van der Waals surface area contributed by atoms with E-state index < -0.39 is 8.24 Å². The number of aromatic nitrogens is 1. The molecule has 1 fully saturated rings. The van der Waals surface area contributed by atoms with Crippen LogP contribution in [0.25, 0.3) is 16.5 Å². The Balaban J connectivity index is 1.87. The van der Waals surface area contributed by atoms with Crippen molar-refractivity contribution in [2.75, 3.05) is 13.1 Å². The maximum absolute atomic E-state index is 3.71. The van der Waals surface area contributed by atoms with Gasteiger partial charge in [-0.1, -0.05) is 55.9 Å². The summed E-state index contributed by atoms with van der Waals surface area (Å²) in [4.78, 5) is 2.66. The molecule has 1 saturated heterocycles. The Morgan fingerprint density at radius 3 is 2.69 bits per heavy atom. The molecule has 1 atom stereocenters. The highest BCUT2D eigenvalue weighted by Gasteiger charge is 2.39. The Bertz CT molecular complexity index is 872. The number of nitrogens with zero attached hydrogens (tertiary/aromatic N) is 2. The molecule has 4 heteroatoms. The standard InChI is InChI=1S/C22H31BrN2Si/c1-22(2,3)26(4,5)25-15-20(19-14-17(23)8-9-21(19)25)16-10-12-24-11-6-7-18(24)13-16/h8-10,14-15,18H,6-7,11-13H2,1-5H3. The minimum Gasteiger partial charge on any atom is -0.373 e. The molecule has 0 aliphatic carbocycles. The minimum atomic E-state index is -1.67. The van der Waals surface area contributed by atoms with Crippen molar-refractivity contribution in [3.05, 3.63) is 40.5 Å². The number of benzene rings is 1. The van der Waals surface area contributed by atoms with E-state index in [1.54, 1.807) is 5.57 Å². The van der Waals surface area contributed by atoms with E-state index in [4.69, 9.17) is 0 Å².